The second kappa shape index (κ2) is 15.3. The lowest BCUT2D eigenvalue weighted by molar-refractivity contribution is 0.660. The summed E-state index contributed by atoms with van der Waals surface area (Å²) in [6.07, 6.45) is 0. The van der Waals surface area contributed by atoms with Gasteiger partial charge < -0.3 is 0 Å². The number of thiophene rings is 1. The normalized spacial score (nSPS) is 12.7. The fraction of sp³-hybridized carbons (Fsp3) is 0.0492. The minimum Gasteiger partial charge on any atom is -0.228 e. The second-order valence-corrected chi connectivity index (χ2v) is 18.4. The minimum atomic E-state index is -0.147. The molecule has 0 saturated carbocycles. The van der Waals surface area contributed by atoms with Crippen molar-refractivity contribution in [1.29, 1.82) is 0 Å². The molecule has 64 heavy (non-hydrogen) atoms. The quantitative estimate of drug-likeness (QED) is 0.160. The van der Waals surface area contributed by atoms with Gasteiger partial charge in [0.15, 0.2) is 5.82 Å². The van der Waals surface area contributed by atoms with E-state index in [1.807, 2.05) is 17.4 Å². The Balaban J connectivity index is 0.988. The van der Waals surface area contributed by atoms with Gasteiger partial charge in [-0.25, -0.2) is 9.97 Å². The molecule has 0 bridgehead atoms. The van der Waals surface area contributed by atoms with E-state index >= 15 is 0 Å². The van der Waals surface area contributed by atoms with E-state index in [4.69, 9.17) is 9.97 Å². The maximum Gasteiger partial charge on any atom is 0.160 e. The van der Waals surface area contributed by atoms with Crippen molar-refractivity contribution in [3.05, 3.63) is 230 Å². The van der Waals surface area contributed by atoms with Gasteiger partial charge in [0.1, 0.15) is 0 Å². The maximum absolute atomic E-state index is 5.33. The van der Waals surface area contributed by atoms with Gasteiger partial charge >= 0.3 is 0 Å². The Morgan fingerprint density at radius 2 is 0.875 bits per heavy atom. The molecule has 0 N–H and O–H groups in total. The van der Waals surface area contributed by atoms with E-state index < -0.39 is 0 Å². The van der Waals surface area contributed by atoms with Gasteiger partial charge in [-0.3, -0.25) is 0 Å². The molecule has 11 aromatic rings. The highest BCUT2D eigenvalue weighted by atomic mass is 32.1. The molecule has 0 saturated heterocycles. The van der Waals surface area contributed by atoms with Crippen LogP contribution in [0.2, 0.25) is 0 Å². The first-order valence-corrected chi connectivity index (χ1v) is 22.8. The molecule has 2 aromatic heterocycles. The molecule has 0 fully saturated rings. The van der Waals surface area contributed by atoms with Crippen molar-refractivity contribution in [3.8, 4) is 89.5 Å². The Morgan fingerprint density at radius 1 is 0.328 bits per heavy atom. The Labute approximate surface area is 377 Å². The molecule has 2 heterocycles. The zero-order valence-electron chi connectivity index (χ0n) is 35.6. The van der Waals surface area contributed by atoms with Crippen LogP contribution < -0.4 is 0 Å². The highest BCUT2D eigenvalue weighted by Gasteiger charge is 2.37. The fourth-order valence-corrected chi connectivity index (χ4v) is 10.9. The summed E-state index contributed by atoms with van der Waals surface area (Å²) in [4.78, 5) is 10.6. The lowest BCUT2D eigenvalue weighted by Gasteiger charge is -2.22. The van der Waals surface area contributed by atoms with E-state index in [2.05, 4.69) is 226 Å². The third kappa shape index (κ3) is 6.56. The lowest BCUT2D eigenvalue weighted by atomic mass is 9.81. The van der Waals surface area contributed by atoms with Gasteiger partial charge in [0.25, 0.3) is 0 Å². The maximum atomic E-state index is 5.33. The van der Waals surface area contributed by atoms with Gasteiger partial charge in [0.2, 0.25) is 0 Å². The van der Waals surface area contributed by atoms with Crippen LogP contribution in [0, 0.1) is 0 Å². The molecule has 3 heteroatoms. The molecule has 0 spiro atoms. The van der Waals surface area contributed by atoms with Crippen LogP contribution in [0.4, 0.5) is 0 Å². The first kappa shape index (κ1) is 38.0. The van der Waals surface area contributed by atoms with Crippen LogP contribution >= 0.6 is 11.3 Å². The highest BCUT2D eigenvalue weighted by Crippen LogP contribution is 2.53. The van der Waals surface area contributed by atoms with Crippen LogP contribution in [0.3, 0.4) is 0 Å². The largest absolute Gasteiger partial charge is 0.228 e. The van der Waals surface area contributed by atoms with Crippen molar-refractivity contribution in [1.82, 2.24) is 9.97 Å². The van der Waals surface area contributed by atoms with E-state index in [-0.39, 0.29) is 5.41 Å². The number of benzene rings is 9. The molecule has 0 aliphatic heterocycles. The molecular formula is C61H42N2S. The fourth-order valence-electron chi connectivity index (χ4n) is 9.79. The zero-order chi connectivity index (χ0) is 42.8. The molecule has 0 unspecified atom stereocenters. The van der Waals surface area contributed by atoms with E-state index in [0.29, 0.717) is 5.82 Å². The number of aromatic nitrogens is 2. The third-order valence-electron chi connectivity index (χ3n) is 13.1. The lowest BCUT2D eigenvalue weighted by Crippen LogP contribution is -2.15. The smallest absolute Gasteiger partial charge is 0.160 e. The number of hydrogen-bond donors (Lipinski definition) is 0. The Bertz CT molecular complexity index is 3570. The third-order valence-corrected chi connectivity index (χ3v) is 14.2. The summed E-state index contributed by atoms with van der Waals surface area (Å²) < 4.78 is 2.60. The molecule has 1 aliphatic carbocycles. The van der Waals surface area contributed by atoms with Crippen molar-refractivity contribution in [2.75, 3.05) is 0 Å². The summed E-state index contributed by atoms with van der Waals surface area (Å²) in [7, 11) is 0. The summed E-state index contributed by atoms with van der Waals surface area (Å²) in [5, 5.41) is 2.58. The SMILES string of the molecule is CC1(C)c2cc(-c3cccc(-c4cc(-c5cc(-c6ccccc6)cc(-c6ccc7sc8ccccc8c7c6)c5)nc(-c5ccccc5)n4)c3)ccc2-c2c(-c3ccccc3)cccc21. The van der Waals surface area contributed by atoms with Crippen LogP contribution in [0.25, 0.3) is 110 Å². The summed E-state index contributed by atoms with van der Waals surface area (Å²) in [5.41, 5.74) is 19.6. The first-order valence-electron chi connectivity index (χ1n) is 22.0. The number of fused-ring (bicyclic) bond motifs is 6. The first-order chi connectivity index (χ1) is 31.4. The molecule has 9 aromatic carbocycles. The van der Waals surface area contributed by atoms with E-state index in [9.17, 15) is 0 Å². The molecule has 0 atom stereocenters. The molecule has 302 valence electrons. The van der Waals surface area contributed by atoms with Crippen LogP contribution in [0.15, 0.2) is 218 Å². The average molecular weight is 835 g/mol. The van der Waals surface area contributed by atoms with Gasteiger partial charge in [-0.1, -0.05) is 178 Å². The van der Waals surface area contributed by atoms with Crippen LogP contribution in [0.5, 0.6) is 0 Å². The summed E-state index contributed by atoms with van der Waals surface area (Å²) in [6, 6.07) is 79.1. The van der Waals surface area contributed by atoms with Crippen molar-refractivity contribution < 1.29 is 0 Å². The van der Waals surface area contributed by atoms with Crippen LogP contribution in [0.1, 0.15) is 25.0 Å². The molecule has 1 aliphatic rings. The molecule has 0 amide bonds. The average Bonchev–Trinajstić information content (AvgIpc) is 3.85. The molecule has 12 rings (SSSR count). The van der Waals surface area contributed by atoms with E-state index in [0.717, 1.165) is 50.3 Å². The monoisotopic (exact) mass is 834 g/mol. The topological polar surface area (TPSA) is 25.8 Å². The molecule has 0 radical (unpaired) electrons. The van der Waals surface area contributed by atoms with Gasteiger partial charge in [0, 0.05) is 42.3 Å². The van der Waals surface area contributed by atoms with Crippen molar-refractivity contribution in [3.63, 3.8) is 0 Å². The Hall–Kier alpha value is -7.72. The number of nitrogens with zero attached hydrogens (tertiary/aromatic N) is 2. The molecule has 2 nitrogen and oxygen atoms in total. The van der Waals surface area contributed by atoms with Crippen molar-refractivity contribution >= 4 is 31.5 Å². The van der Waals surface area contributed by atoms with Crippen molar-refractivity contribution in [2.24, 2.45) is 0 Å². The number of hydrogen-bond acceptors (Lipinski definition) is 3. The number of rotatable bonds is 7. The Morgan fingerprint density at radius 3 is 1.66 bits per heavy atom. The standard InChI is InChI=1S/C61H42N2S/c1-61(2)53-26-15-25-49(40-18-8-4-9-19-40)59(53)51-30-28-44(37-54(51)61)42-22-14-23-45(32-42)55-38-56(63-60(62-55)41-20-10-5-11-21-41)48-34-46(39-16-6-3-7-17-39)33-47(35-48)43-29-31-58-52(36-43)50-24-12-13-27-57(50)64-58/h3-38H,1-2H3. The van der Waals surface area contributed by atoms with Gasteiger partial charge in [0.05, 0.1) is 11.4 Å². The van der Waals surface area contributed by atoms with Gasteiger partial charge in [-0.05, 0) is 121 Å². The highest BCUT2D eigenvalue weighted by molar-refractivity contribution is 7.25. The predicted molar refractivity (Wildman–Crippen MR) is 271 cm³/mol. The van der Waals surface area contributed by atoms with Gasteiger partial charge in [-0.15, -0.1) is 11.3 Å². The van der Waals surface area contributed by atoms with E-state index in [1.54, 1.807) is 0 Å². The molecular weight excluding hydrogens is 793 g/mol. The minimum absolute atomic E-state index is 0.147. The summed E-state index contributed by atoms with van der Waals surface area (Å²) >= 11 is 1.85. The second-order valence-electron chi connectivity index (χ2n) is 17.4. The predicted octanol–water partition coefficient (Wildman–Crippen LogP) is 16.8. The summed E-state index contributed by atoms with van der Waals surface area (Å²) in [5.74, 6) is 0.697. The van der Waals surface area contributed by atoms with Gasteiger partial charge in [-0.2, -0.15) is 0 Å². The summed E-state index contributed by atoms with van der Waals surface area (Å²) in [6.45, 7) is 4.72. The van der Waals surface area contributed by atoms with Crippen molar-refractivity contribution in [2.45, 2.75) is 19.3 Å². The van der Waals surface area contributed by atoms with Crippen LogP contribution in [-0.4, -0.2) is 9.97 Å². The zero-order valence-corrected chi connectivity index (χ0v) is 36.4. The van der Waals surface area contributed by atoms with E-state index in [1.165, 1.54) is 64.7 Å². The van der Waals surface area contributed by atoms with Crippen LogP contribution in [-0.2, 0) is 5.41 Å². The Kier molecular flexibility index (Phi) is 9.06.